The fraction of sp³-hybridized carbons (Fsp3) is 0.419. The van der Waals surface area contributed by atoms with Crippen LogP contribution in [0.15, 0.2) is 42.5 Å². The average Bonchev–Trinajstić information content (AvgIpc) is 3.00. The van der Waals surface area contributed by atoms with Crippen molar-refractivity contribution >= 4 is 17.7 Å². The SMILES string of the molecule is Cc1nc(C2CCN(C(=O)CO)CC2)ccc1COc1c(F)cc(F)cc1-c1cccc(N2CCC(C(=O)[O-])CC2)n1.[Na+]. The quantitative estimate of drug-likeness (QED) is 0.358. The molecule has 1 aromatic carbocycles. The molecule has 12 heteroatoms. The number of aliphatic carboxylic acids is 1. The van der Waals surface area contributed by atoms with Crippen LogP contribution in [0.2, 0.25) is 0 Å². The topological polar surface area (TPSA) is 119 Å². The molecule has 1 N–H and O–H groups in total. The molecule has 4 heterocycles. The smallest absolute Gasteiger partial charge is 0.550 e. The number of benzene rings is 1. The summed E-state index contributed by atoms with van der Waals surface area (Å²) >= 11 is 0. The van der Waals surface area contributed by atoms with Crippen LogP contribution in [-0.2, 0) is 16.2 Å². The first-order valence-corrected chi connectivity index (χ1v) is 14.1. The van der Waals surface area contributed by atoms with E-state index >= 15 is 4.39 Å². The largest absolute Gasteiger partial charge is 1.00 e. The summed E-state index contributed by atoms with van der Waals surface area (Å²) in [6.45, 7) is 3.47. The number of carbonyl (C=O) groups excluding carboxylic acids is 2. The zero-order valence-corrected chi connectivity index (χ0v) is 26.4. The van der Waals surface area contributed by atoms with Crippen LogP contribution in [0.25, 0.3) is 11.3 Å². The molecule has 3 aromatic rings. The molecule has 2 fully saturated rings. The molecule has 9 nitrogen and oxygen atoms in total. The summed E-state index contributed by atoms with van der Waals surface area (Å²) in [4.78, 5) is 35.9. The summed E-state index contributed by atoms with van der Waals surface area (Å²) in [7, 11) is 0. The number of aryl methyl sites for hydroxylation is 1. The zero-order valence-electron chi connectivity index (χ0n) is 24.4. The third kappa shape index (κ3) is 7.70. The van der Waals surface area contributed by atoms with E-state index in [2.05, 4.69) is 4.98 Å². The van der Waals surface area contributed by atoms with Crippen molar-refractivity contribution in [3.8, 4) is 17.0 Å². The van der Waals surface area contributed by atoms with Gasteiger partial charge >= 0.3 is 29.6 Å². The Morgan fingerprint density at radius 2 is 1.74 bits per heavy atom. The minimum absolute atomic E-state index is 0. The van der Waals surface area contributed by atoms with E-state index in [1.54, 1.807) is 23.1 Å². The van der Waals surface area contributed by atoms with Gasteiger partial charge in [-0.15, -0.1) is 0 Å². The van der Waals surface area contributed by atoms with Crippen molar-refractivity contribution in [1.29, 1.82) is 0 Å². The first-order chi connectivity index (χ1) is 20.2. The molecule has 0 unspecified atom stereocenters. The van der Waals surface area contributed by atoms with Crippen molar-refractivity contribution in [2.24, 2.45) is 5.92 Å². The Morgan fingerprint density at radius 1 is 1.02 bits per heavy atom. The molecule has 0 spiro atoms. The van der Waals surface area contributed by atoms with Crippen molar-refractivity contribution in [3.63, 3.8) is 0 Å². The van der Waals surface area contributed by atoms with Crippen LogP contribution in [0.5, 0.6) is 5.75 Å². The summed E-state index contributed by atoms with van der Waals surface area (Å²) in [5.41, 5.74) is 2.89. The summed E-state index contributed by atoms with van der Waals surface area (Å²) in [6.07, 6.45) is 2.37. The monoisotopic (exact) mass is 602 g/mol. The van der Waals surface area contributed by atoms with Crippen molar-refractivity contribution in [2.45, 2.75) is 45.1 Å². The van der Waals surface area contributed by atoms with Crippen LogP contribution < -0.4 is 44.3 Å². The molecule has 0 aliphatic carbocycles. The maximum absolute atomic E-state index is 15.1. The van der Waals surface area contributed by atoms with E-state index in [1.807, 2.05) is 24.0 Å². The molecule has 222 valence electrons. The summed E-state index contributed by atoms with van der Waals surface area (Å²) in [6, 6.07) is 10.9. The number of piperidine rings is 2. The van der Waals surface area contributed by atoms with Gasteiger partial charge in [-0.05, 0) is 56.9 Å². The Bertz CT molecular complexity index is 1460. The van der Waals surface area contributed by atoms with E-state index in [9.17, 15) is 19.1 Å². The van der Waals surface area contributed by atoms with E-state index in [0.29, 0.717) is 50.5 Å². The fourth-order valence-corrected chi connectivity index (χ4v) is 5.65. The van der Waals surface area contributed by atoms with Gasteiger partial charge in [-0.1, -0.05) is 12.1 Å². The van der Waals surface area contributed by atoms with Crippen LogP contribution in [-0.4, -0.2) is 64.6 Å². The van der Waals surface area contributed by atoms with Gasteiger partial charge in [0.1, 0.15) is 24.8 Å². The number of carboxylic acid groups (broad SMARTS) is 1. The van der Waals surface area contributed by atoms with E-state index in [-0.39, 0.29) is 59.3 Å². The number of likely N-dealkylation sites (tertiary alicyclic amines) is 1. The van der Waals surface area contributed by atoms with Gasteiger partial charge < -0.3 is 29.5 Å². The van der Waals surface area contributed by atoms with Crippen LogP contribution in [0.3, 0.4) is 0 Å². The summed E-state index contributed by atoms with van der Waals surface area (Å²) < 4.78 is 35.4. The average molecular weight is 603 g/mol. The number of pyridine rings is 2. The molecule has 43 heavy (non-hydrogen) atoms. The number of amides is 1. The minimum Gasteiger partial charge on any atom is -0.550 e. The van der Waals surface area contributed by atoms with Crippen molar-refractivity contribution in [2.75, 3.05) is 37.7 Å². The second-order valence-electron chi connectivity index (χ2n) is 10.8. The van der Waals surface area contributed by atoms with Crippen LogP contribution in [0.1, 0.15) is 48.6 Å². The minimum atomic E-state index is -1.05. The standard InChI is InChI=1S/C31H34F2N4O5.Na/c1-19-22(5-6-26(34-19)20-7-13-37(14-8-20)29(39)17-38)18-42-30-24(15-23(32)16-25(30)33)27-3-2-4-28(35-27)36-11-9-21(10-12-36)31(40)41;/h2-6,15-16,20-21,38H,7-14,17-18H2,1H3,(H,40,41);/q;+1/p-1. The number of carbonyl (C=O) groups is 2. The van der Waals surface area contributed by atoms with Gasteiger partial charge in [-0.25, -0.2) is 13.8 Å². The fourth-order valence-electron chi connectivity index (χ4n) is 5.65. The summed E-state index contributed by atoms with van der Waals surface area (Å²) in [5, 5.41) is 20.3. The molecule has 2 aliphatic rings. The Labute approximate surface area is 271 Å². The van der Waals surface area contributed by atoms with E-state index in [4.69, 9.17) is 14.8 Å². The zero-order chi connectivity index (χ0) is 29.8. The van der Waals surface area contributed by atoms with Gasteiger partial charge in [0, 0.05) is 72.6 Å². The van der Waals surface area contributed by atoms with Crippen molar-refractivity contribution in [3.05, 3.63) is 71.1 Å². The molecule has 0 saturated carbocycles. The Morgan fingerprint density at radius 3 is 2.40 bits per heavy atom. The van der Waals surface area contributed by atoms with Crippen LogP contribution in [0.4, 0.5) is 14.6 Å². The number of anilines is 1. The number of aliphatic hydroxyl groups excluding tert-OH is 1. The molecule has 2 aliphatic heterocycles. The van der Waals surface area contributed by atoms with Crippen LogP contribution >= 0.6 is 0 Å². The molecular formula is C31H33F2N4NaO5. The van der Waals surface area contributed by atoms with Gasteiger partial charge in [0.15, 0.2) is 11.6 Å². The second kappa shape index (κ2) is 14.6. The van der Waals surface area contributed by atoms with Gasteiger partial charge in [-0.3, -0.25) is 9.78 Å². The Hall–Kier alpha value is -3.12. The van der Waals surface area contributed by atoms with Crippen molar-refractivity contribution in [1.82, 2.24) is 14.9 Å². The second-order valence-corrected chi connectivity index (χ2v) is 10.8. The van der Waals surface area contributed by atoms with E-state index in [0.717, 1.165) is 35.9 Å². The first-order valence-electron chi connectivity index (χ1n) is 14.1. The van der Waals surface area contributed by atoms with E-state index in [1.165, 1.54) is 6.07 Å². The molecule has 0 radical (unpaired) electrons. The number of hydrogen-bond acceptors (Lipinski definition) is 8. The maximum atomic E-state index is 15.1. The third-order valence-electron chi connectivity index (χ3n) is 8.16. The molecule has 0 bridgehead atoms. The van der Waals surface area contributed by atoms with Gasteiger partial charge in [0.25, 0.3) is 0 Å². The molecular weight excluding hydrogens is 569 g/mol. The Kier molecular flexibility index (Phi) is 11.1. The number of rotatable bonds is 8. The Balaban J connectivity index is 0.00000423. The maximum Gasteiger partial charge on any atom is 1.00 e. The predicted molar refractivity (Wildman–Crippen MR) is 148 cm³/mol. The van der Waals surface area contributed by atoms with Gasteiger partial charge in [0.2, 0.25) is 5.91 Å². The predicted octanol–water partition coefficient (Wildman–Crippen LogP) is -0.0222. The summed E-state index contributed by atoms with van der Waals surface area (Å²) in [5.74, 6) is -2.77. The normalized spacial score (nSPS) is 16.1. The molecule has 5 rings (SSSR count). The third-order valence-corrected chi connectivity index (χ3v) is 8.16. The number of aromatic nitrogens is 2. The molecule has 0 atom stereocenters. The van der Waals surface area contributed by atoms with Crippen molar-refractivity contribution < 1.29 is 62.9 Å². The van der Waals surface area contributed by atoms with Gasteiger partial charge in [-0.2, -0.15) is 0 Å². The van der Waals surface area contributed by atoms with E-state index < -0.39 is 30.1 Å². The number of ether oxygens (including phenoxy) is 1. The number of nitrogens with zero attached hydrogens (tertiary/aromatic N) is 4. The van der Waals surface area contributed by atoms with Gasteiger partial charge in [0.05, 0.1) is 5.69 Å². The molecule has 2 aromatic heterocycles. The number of hydrogen-bond donors (Lipinski definition) is 1. The number of carboxylic acids is 1. The number of halogens is 2. The van der Waals surface area contributed by atoms with Crippen LogP contribution in [0, 0.1) is 24.5 Å². The first kappa shape index (κ1) is 32.8. The molecule has 2 saturated heterocycles. The number of aliphatic hydroxyl groups is 1. The molecule has 1 amide bonds.